The highest BCUT2D eigenvalue weighted by Crippen LogP contribution is 2.07. The van der Waals surface area contributed by atoms with E-state index in [4.69, 9.17) is 10.4 Å². The third-order valence-corrected chi connectivity index (χ3v) is 2.61. The summed E-state index contributed by atoms with van der Waals surface area (Å²) >= 11 is 0. The van der Waals surface area contributed by atoms with Gasteiger partial charge in [0.2, 0.25) is 0 Å². The fourth-order valence-electron chi connectivity index (χ4n) is 1.56. The predicted molar refractivity (Wildman–Crippen MR) is 67.6 cm³/mol. The molecule has 0 bridgehead atoms. The Morgan fingerprint density at radius 3 is 2.63 bits per heavy atom. The maximum Gasteiger partial charge on any atom is 0.354 e. The maximum absolute atomic E-state index is 12.1. The van der Waals surface area contributed by atoms with Gasteiger partial charge in [-0.15, -0.1) is 0 Å². The molecule has 0 aromatic carbocycles. The van der Waals surface area contributed by atoms with Crippen LogP contribution in [-0.2, 0) is 0 Å². The Hall–Kier alpha value is -2.42. The lowest BCUT2D eigenvalue weighted by molar-refractivity contribution is 0.0687. The summed E-state index contributed by atoms with van der Waals surface area (Å²) < 4.78 is 0. The van der Waals surface area contributed by atoms with E-state index in [2.05, 4.69) is 11.1 Å². The van der Waals surface area contributed by atoms with Gasteiger partial charge < -0.3 is 10.0 Å². The van der Waals surface area contributed by atoms with Crippen molar-refractivity contribution in [3.8, 4) is 6.07 Å². The van der Waals surface area contributed by atoms with Gasteiger partial charge in [0, 0.05) is 19.3 Å². The van der Waals surface area contributed by atoms with Crippen molar-refractivity contribution in [2.45, 2.75) is 13.8 Å². The number of amides is 1. The highest BCUT2D eigenvalue weighted by molar-refractivity contribution is 5.94. The predicted octanol–water partition coefficient (Wildman–Crippen LogP) is 1.40. The monoisotopic (exact) mass is 261 g/mol. The van der Waals surface area contributed by atoms with Crippen LogP contribution in [0.5, 0.6) is 0 Å². The minimum absolute atomic E-state index is 0.106. The zero-order chi connectivity index (χ0) is 14.4. The molecule has 1 amide bonds. The quantitative estimate of drug-likeness (QED) is 0.864. The van der Waals surface area contributed by atoms with Gasteiger partial charge in [-0.05, 0) is 26.0 Å². The zero-order valence-corrected chi connectivity index (χ0v) is 10.8. The number of pyridine rings is 1. The van der Waals surface area contributed by atoms with Gasteiger partial charge in [0.25, 0.3) is 5.91 Å². The van der Waals surface area contributed by atoms with Crippen LogP contribution in [0.3, 0.4) is 0 Å². The lowest BCUT2D eigenvalue weighted by atomic mass is 10.1. The van der Waals surface area contributed by atoms with E-state index in [1.54, 1.807) is 6.92 Å². The van der Waals surface area contributed by atoms with E-state index in [9.17, 15) is 9.59 Å². The highest BCUT2D eigenvalue weighted by Gasteiger charge is 2.17. The highest BCUT2D eigenvalue weighted by atomic mass is 16.4. The third-order valence-electron chi connectivity index (χ3n) is 2.61. The minimum Gasteiger partial charge on any atom is -0.477 e. The van der Waals surface area contributed by atoms with Gasteiger partial charge in [-0.3, -0.25) is 4.79 Å². The Bertz CT molecular complexity index is 505. The van der Waals surface area contributed by atoms with Gasteiger partial charge >= 0.3 is 5.97 Å². The van der Waals surface area contributed by atoms with Gasteiger partial charge in [0.1, 0.15) is 5.69 Å². The molecule has 0 aliphatic rings. The molecule has 1 unspecified atom stereocenters. The molecule has 1 N–H and O–H groups in total. The topological polar surface area (TPSA) is 94.3 Å². The molecule has 6 heteroatoms. The number of nitrogens with zero attached hydrogens (tertiary/aromatic N) is 3. The van der Waals surface area contributed by atoms with Crippen molar-refractivity contribution in [2.75, 3.05) is 13.1 Å². The smallest absolute Gasteiger partial charge is 0.354 e. The van der Waals surface area contributed by atoms with Crippen molar-refractivity contribution in [1.82, 2.24) is 9.88 Å². The van der Waals surface area contributed by atoms with Crippen LogP contribution in [0.4, 0.5) is 0 Å². The number of carboxylic acids is 1. The molecule has 6 nitrogen and oxygen atoms in total. The first kappa shape index (κ1) is 14.6. The van der Waals surface area contributed by atoms with Crippen molar-refractivity contribution >= 4 is 11.9 Å². The fraction of sp³-hybridized carbons (Fsp3) is 0.385. The van der Waals surface area contributed by atoms with E-state index in [0.717, 1.165) is 0 Å². The molecule has 1 atom stereocenters. The molecule has 0 radical (unpaired) electrons. The fourth-order valence-corrected chi connectivity index (χ4v) is 1.56. The zero-order valence-electron chi connectivity index (χ0n) is 10.8. The van der Waals surface area contributed by atoms with Crippen molar-refractivity contribution in [3.63, 3.8) is 0 Å². The van der Waals surface area contributed by atoms with Crippen LogP contribution < -0.4 is 0 Å². The molecule has 0 fully saturated rings. The number of rotatable bonds is 5. The summed E-state index contributed by atoms with van der Waals surface area (Å²) in [6, 6.07) is 4.79. The summed E-state index contributed by atoms with van der Waals surface area (Å²) in [5, 5.41) is 17.5. The van der Waals surface area contributed by atoms with Crippen LogP contribution >= 0.6 is 0 Å². The summed E-state index contributed by atoms with van der Waals surface area (Å²) in [6.07, 6.45) is 1.24. The number of hydrogen-bond acceptors (Lipinski definition) is 4. The Morgan fingerprint density at radius 1 is 1.53 bits per heavy atom. The average Bonchev–Trinajstić information content (AvgIpc) is 2.43. The van der Waals surface area contributed by atoms with E-state index in [-0.39, 0.29) is 17.5 Å². The Kier molecular flexibility index (Phi) is 5.01. The summed E-state index contributed by atoms with van der Waals surface area (Å²) in [7, 11) is 0. The number of carbonyl (C=O) groups is 2. The Labute approximate surface area is 111 Å². The summed E-state index contributed by atoms with van der Waals surface area (Å²) in [6.45, 7) is 4.38. The Morgan fingerprint density at radius 2 is 2.21 bits per heavy atom. The number of aromatic nitrogens is 1. The largest absolute Gasteiger partial charge is 0.477 e. The van der Waals surface area contributed by atoms with E-state index in [1.807, 2.05) is 6.92 Å². The molecular formula is C13H15N3O3. The van der Waals surface area contributed by atoms with Crippen LogP contribution in [-0.4, -0.2) is 40.0 Å². The lowest BCUT2D eigenvalue weighted by Crippen LogP contribution is -2.34. The van der Waals surface area contributed by atoms with Crippen molar-refractivity contribution < 1.29 is 14.7 Å². The Balaban J connectivity index is 2.86. The van der Waals surface area contributed by atoms with Crippen molar-refractivity contribution in [1.29, 1.82) is 5.26 Å². The number of carbonyl (C=O) groups excluding carboxylic acids is 1. The van der Waals surface area contributed by atoms with Crippen molar-refractivity contribution in [3.05, 3.63) is 29.6 Å². The van der Waals surface area contributed by atoms with E-state index >= 15 is 0 Å². The molecule has 19 heavy (non-hydrogen) atoms. The van der Waals surface area contributed by atoms with Crippen LogP contribution in [0, 0.1) is 17.2 Å². The standard InChI is InChI=1S/C13H15N3O3/c1-3-16(8-9(2)6-14)12(17)10-4-5-11(13(18)19)15-7-10/h4-5,7,9H,3,8H2,1-2H3,(H,18,19). The van der Waals surface area contributed by atoms with Gasteiger partial charge in [0.15, 0.2) is 0 Å². The molecule has 1 rings (SSSR count). The van der Waals surface area contributed by atoms with Gasteiger partial charge in [-0.25, -0.2) is 9.78 Å². The molecule has 0 aliphatic heterocycles. The molecule has 100 valence electrons. The molecule has 0 saturated heterocycles. The normalized spacial score (nSPS) is 11.4. The minimum atomic E-state index is -1.13. The van der Waals surface area contributed by atoms with E-state index in [0.29, 0.717) is 18.7 Å². The summed E-state index contributed by atoms with van der Waals surface area (Å²) in [5.74, 6) is -1.64. The molecule has 1 heterocycles. The van der Waals surface area contributed by atoms with Crippen LogP contribution in [0.1, 0.15) is 34.7 Å². The van der Waals surface area contributed by atoms with Gasteiger partial charge in [-0.2, -0.15) is 5.26 Å². The molecule has 0 aliphatic carbocycles. The molecule has 1 aromatic rings. The first-order valence-corrected chi connectivity index (χ1v) is 5.87. The van der Waals surface area contributed by atoms with E-state index in [1.165, 1.54) is 23.2 Å². The number of hydrogen-bond donors (Lipinski definition) is 1. The van der Waals surface area contributed by atoms with Crippen molar-refractivity contribution in [2.24, 2.45) is 5.92 Å². The SMILES string of the molecule is CCN(CC(C)C#N)C(=O)c1ccc(C(=O)O)nc1. The lowest BCUT2D eigenvalue weighted by Gasteiger charge is -2.21. The number of carboxylic acid groups (broad SMARTS) is 1. The second kappa shape index (κ2) is 6.50. The van der Waals surface area contributed by atoms with E-state index < -0.39 is 5.97 Å². The van der Waals surface area contributed by atoms with Crippen LogP contribution in [0.25, 0.3) is 0 Å². The molecular weight excluding hydrogens is 246 g/mol. The first-order chi connectivity index (χ1) is 8.99. The number of nitriles is 1. The summed E-state index contributed by atoms with van der Waals surface area (Å²) in [4.78, 5) is 28.0. The average molecular weight is 261 g/mol. The first-order valence-electron chi connectivity index (χ1n) is 5.87. The molecule has 0 saturated carbocycles. The summed E-state index contributed by atoms with van der Waals surface area (Å²) in [5.41, 5.74) is 0.210. The number of aromatic carboxylic acids is 1. The van der Waals surface area contributed by atoms with Crippen LogP contribution in [0.2, 0.25) is 0 Å². The third kappa shape index (κ3) is 3.78. The second-order valence-corrected chi connectivity index (χ2v) is 4.11. The van der Waals surface area contributed by atoms with Gasteiger partial charge in [0.05, 0.1) is 17.6 Å². The molecule has 0 spiro atoms. The molecule has 1 aromatic heterocycles. The van der Waals surface area contributed by atoms with Crippen LogP contribution in [0.15, 0.2) is 18.3 Å². The van der Waals surface area contributed by atoms with Gasteiger partial charge in [-0.1, -0.05) is 0 Å². The maximum atomic E-state index is 12.1. The second-order valence-electron chi connectivity index (χ2n) is 4.11.